The van der Waals surface area contributed by atoms with Crippen molar-refractivity contribution in [3.63, 3.8) is 0 Å². The van der Waals surface area contributed by atoms with Crippen LogP contribution in [0.3, 0.4) is 0 Å². The summed E-state index contributed by atoms with van der Waals surface area (Å²) in [5.41, 5.74) is 1.01. The standard InChI is InChI=1S/C28H27FN4O5.C2HF3O2/c1-37-24-10-8-18(14-25(24)38-2)27(33(30)20-9-7-19-16-31-12-11-17(19)13-20)28(36)32-23(15-26(34)35)21-5-3-4-6-22(21)29;3-2(4,5)1(6)7/h3-14,16,23,27H,15,30H2,1-2H3,(H,32,36)(H,34,35);(H,6,7)/t23-,27?;/m1./s1. The van der Waals surface area contributed by atoms with E-state index in [4.69, 9.17) is 25.2 Å². The predicted molar refractivity (Wildman–Crippen MR) is 154 cm³/mol. The molecular formula is C30H28F4N4O7. The highest BCUT2D eigenvalue weighted by molar-refractivity contribution is 5.90. The highest BCUT2D eigenvalue weighted by Crippen LogP contribution is 2.34. The number of carbonyl (C=O) groups excluding carboxylic acids is 1. The summed E-state index contributed by atoms with van der Waals surface area (Å²) >= 11 is 0. The van der Waals surface area contributed by atoms with Crippen molar-refractivity contribution >= 4 is 34.3 Å². The van der Waals surface area contributed by atoms with Crippen LogP contribution in [0.1, 0.15) is 29.6 Å². The lowest BCUT2D eigenvalue weighted by Gasteiger charge is -2.31. The molecule has 3 aromatic carbocycles. The van der Waals surface area contributed by atoms with Crippen LogP contribution < -0.4 is 25.6 Å². The zero-order valence-electron chi connectivity index (χ0n) is 23.8. The minimum absolute atomic E-state index is 0.0519. The van der Waals surface area contributed by atoms with Crippen molar-refractivity contribution in [2.24, 2.45) is 5.84 Å². The van der Waals surface area contributed by atoms with E-state index in [1.165, 1.54) is 37.4 Å². The number of hydrogen-bond acceptors (Lipinski definition) is 8. The zero-order chi connectivity index (χ0) is 33.3. The Morgan fingerprint density at radius 1 is 0.956 bits per heavy atom. The van der Waals surface area contributed by atoms with E-state index in [2.05, 4.69) is 10.3 Å². The second kappa shape index (κ2) is 14.8. The minimum atomic E-state index is -5.08. The maximum absolute atomic E-state index is 14.6. The number of hydrogen-bond donors (Lipinski definition) is 4. The third-order valence-corrected chi connectivity index (χ3v) is 6.39. The Labute approximate surface area is 253 Å². The van der Waals surface area contributed by atoms with Gasteiger partial charge in [-0.1, -0.05) is 30.3 Å². The number of halogens is 4. The van der Waals surface area contributed by atoms with Crippen LogP contribution in [0.2, 0.25) is 0 Å². The van der Waals surface area contributed by atoms with Gasteiger partial charge in [-0.25, -0.2) is 15.0 Å². The summed E-state index contributed by atoms with van der Waals surface area (Å²) in [6, 6.07) is 15.5. The van der Waals surface area contributed by atoms with Crippen molar-refractivity contribution in [2.45, 2.75) is 24.7 Å². The van der Waals surface area contributed by atoms with Crippen LogP contribution in [0.25, 0.3) is 10.8 Å². The average molecular weight is 633 g/mol. The Morgan fingerprint density at radius 3 is 2.22 bits per heavy atom. The van der Waals surface area contributed by atoms with E-state index in [1.54, 1.807) is 42.7 Å². The van der Waals surface area contributed by atoms with Gasteiger partial charge in [-0.15, -0.1) is 0 Å². The number of carboxylic acid groups (broad SMARTS) is 2. The van der Waals surface area contributed by atoms with E-state index in [-0.39, 0.29) is 5.56 Å². The van der Waals surface area contributed by atoms with E-state index < -0.39 is 48.3 Å². The van der Waals surface area contributed by atoms with E-state index in [1.807, 2.05) is 18.2 Å². The molecule has 0 aliphatic heterocycles. The van der Waals surface area contributed by atoms with E-state index >= 15 is 0 Å². The molecule has 0 saturated carbocycles. The van der Waals surface area contributed by atoms with Crippen LogP contribution in [0.15, 0.2) is 79.1 Å². The number of methoxy groups -OCH3 is 2. The Bertz CT molecular complexity index is 1670. The summed E-state index contributed by atoms with van der Waals surface area (Å²) in [5.74, 6) is 2.17. The van der Waals surface area contributed by atoms with Crippen molar-refractivity contribution < 1.29 is 51.6 Å². The molecule has 4 aromatic rings. The molecule has 2 atom stereocenters. The predicted octanol–water partition coefficient (Wildman–Crippen LogP) is 4.78. The summed E-state index contributed by atoms with van der Waals surface area (Å²) in [5, 5.41) is 22.3. The molecule has 238 valence electrons. The number of nitrogens with one attached hydrogen (secondary N) is 1. The first-order chi connectivity index (χ1) is 21.3. The number of rotatable bonds is 10. The SMILES string of the molecule is COc1ccc(C(C(=O)N[C@H](CC(=O)O)c2ccccc2F)N(N)c2ccc3cnccc3c2)cc1OC.O=C(O)C(F)(F)F. The molecule has 1 amide bonds. The molecule has 0 bridgehead atoms. The van der Waals surface area contributed by atoms with Crippen LogP contribution in [-0.2, 0) is 14.4 Å². The molecule has 11 nitrogen and oxygen atoms in total. The van der Waals surface area contributed by atoms with Gasteiger partial charge in [0.05, 0.1) is 32.4 Å². The number of ether oxygens (including phenoxy) is 2. The Morgan fingerprint density at radius 2 is 1.62 bits per heavy atom. The van der Waals surface area contributed by atoms with Gasteiger partial charge in [0.2, 0.25) is 5.91 Å². The number of nitrogens with zero attached hydrogens (tertiary/aromatic N) is 2. The fourth-order valence-corrected chi connectivity index (χ4v) is 4.26. The first-order valence-corrected chi connectivity index (χ1v) is 12.9. The molecule has 0 fully saturated rings. The third-order valence-electron chi connectivity index (χ3n) is 6.39. The molecule has 1 aromatic heterocycles. The molecule has 0 aliphatic rings. The lowest BCUT2D eigenvalue weighted by atomic mass is 10.00. The second-order valence-corrected chi connectivity index (χ2v) is 9.31. The molecule has 0 radical (unpaired) electrons. The number of aromatic nitrogens is 1. The summed E-state index contributed by atoms with van der Waals surface area (Å²) in [6.45, 7) is 0. The van der Waals surface area contributed by atoms with E-state index in [0.29, 0.717) is 22.7 Å². The van der Waals surface area contributed by atoms with Crippen molar-refractivity contribution in [1.82, 2.24) is 10.3 Å². The van der Waals surface area contributed by atoms with Crippen molar-refractivity contribution in [2.75, 3.05) is 19.2 Å². The Hall–Kier alpha value is -5.44. The smallest absolute Gasteiger partial charge is 0.490 e. The van der Waals surface area contributed by atoms with Crippen LogP contribution in [-0.4, -0.2) is 53.4 Å². The number of pyridine rings is 1. The first-order valence-electron chi connectivity index (χ1n) is 12.9. The van der Waals surface area contributed by atoms with Crippen LogP contribution in [0.4, 0.5) is 23.2 Å². The monoisotopic (exact) mass is 632 g/mol. The number of amides is 1. The highest BCUT2D eigenvalue weighted by atomic mass is 19.4. The lowest BCUT2D eigenvalue weighted by molar-refractivity contribution is -0.192. The number of anilines is 1. The fraction of sp³-hybridized carbons (Fsp3) is 0.200. The summed E-state index contributed by atoms with van der Waals surface area (Å²) in [7, 11) is 2.96. The van der Waals surface area contributed by atoms with Crippen LogP contribution in [0, 0.1) is 5.82 Å². The summed E-state index contributed by atoms with van der Waals surface area (Å²) in [6.07, 6.45) is -2.25. The topological polar surface area (TPSA) is 164 Å². The Kier molecular flexibility index (Phi) is 11.2. The van der Waals surface area contributed by atoms with Gasteiger partial charge in [-0.3, -0.25) is 19.6 Å². The fourth-order valence-electron chi connectivity index (χ4n) is 4.26. The van der Waals surface area contributed by atoms with Gasteiger partial charge in [0.15, 0.2) is 11.5 Å². The van der Waals surface area contributed by atoms with E-state index in [0.717, 1.165) is 10.8 Å². The normalized spacial score (nSPS) is 12.2. The third kappa shape index (κ3) is 8.79. The minimum Gasteiger partial charge on any atom is -0.493 e. The molecular weight excluding hydrogens is 604 g/mol. The van der Waals surface area contributed by atoms with Crippen molar-refractivity contribution in [1.29, 1.82) is 0 Å². The van der Waals surface area contributed by atoms with Gasteiger partial charge in [0.25, 0.3) is 0 Å². The maximum atomic E-state index is 14.6. The number of hydrazine groups is 1. The number of aliphatic carboxylic acids is 2. The number of carboxylic acids is 2. The van der Waals surface area contributed by atoms with Gasteiger partial charge >= 0.3 is 18.1 Å². The van der Waals surface area contributed by atoms with Gasteiger partial charge in [0.1, 0.15) is 11.9 Å². The largest absolute Gasteiger partial charge is 0.493 e. The van der Waals surface area contributed by atoms with Gasteiger partial charge < -0.3 is 25.0 Å². The molecule has 4 rings (SSSR count). The molecule has 0 saturated heterocycles. The quantitative estimate of drug-likeness (QED) is 0.109. The number of benzene rings is 3. The van der Waals surface area contributed by atoms with Gasteiger partial charge in [-0.2, -0.15) is 13.2 Å². The molecule has 45 heavy (non-hydrogen) atoms. The van der Waals surface area contributed by atoms with Crippen LogP contribution >= 0.6 is 0 Å². The first kappa shape index (κ1) is 34.1. The van der Waals surface area contributed by atoms with E-state index in [9.17, 15) is 32.3 Å². The zero-order valence-corrected chi connectivity index (χ0v) is 23.8. The van der Waals surface area contributed by atoms with Gasteiger partial charge in [0, 0.05) is 23.3 Å². The number of alkyl halides is 3. The molecule has 0 aliphatic carbocycles. The number of nitrogens with two attached hydrogens (primary N) is 1. The molecule has 5 N–H and O–H groups in total. The molecule has 15 heteroatoms. The number of carbonyl (C=O) groups is 3. The molecule has 1 heterocycles. The van der Waals surface area contributed by atoms with Gasteiger partial charge in [-0.05, 0) is 47.3 Å². The van der Waals surface area contributed by atoms with Crippen molar-refractivity contribution in [3.8, 4) is 11.5 Å². The Balaban J connectivity index is 0.000000707. The second-order valence-electron chi connectivity index (χ2n) is 9.31. The lowest BCUT2D eigenvalue weighted by Crippen LogP contribution is -2.46. The molecule has 0 spiro atoms. The van der Waals surface area contributed by atoms with Crippen molar-refractivity contribution in [3.05, 3.63) is 96.1 Å². The average Bonchev–Trinajstić information content (AvgIpc) is 3.00. The molecule has 1 unspecified atom stereocenters. The summed E-state index contributed by atoms with van der Waals surface area (Å²) in [4.78, 5) is 38.4. The van der Waals surface area contributed by atoms with Crippen LogP contribution in [0.5, 0.6) is 11.5 Å². The highest BCUT2D eigenvalue weighted by Gasteiger charge is 2.38. The maximum Gasteiger partial charge on any atom is 0.490 e. The number of fused-ring (bicyclic) bond motifs is 1. The summed E-state index contributed by atoms with van der Waals surface area (Å²) < 4.78 is 57.1.